The number of anilines is 2. The summed E-state index contributed by atoms with van der Waals surface area (Å²) in [7, 11) is 0. The number of amides is 2. The van der Waals surface area contributed by atoms with Crippen molar-refractivity contribution in [2.24, 2.45) is 5.92 Å². The van der Waals surface area contributed by atoms with Crippen molar-refractivity contribution in [2.45, 2.75) is 13.0 Å². The monoisotopic (exact) mass is 408 g/mol. The van der Waals surface area contributed by atoms with Gasteiger partial charge in [-0.2, -0.15) is 5.10 Å². The first-order valence-corrected chi connectivity index (χ1v) is 9.72. The van der Waals surface area contributed by atoms with Crippen LogP contribution in [0.4, 0.5) is 11.5 Å². The molecule has 1 atom stereocenters. The molecule has 0 unspecified atom stereocenters. The van der Waals surface area contributed by atoms with Crippen LogP contribution in [0.3, 0.4) is 0 Å². The highest BCUT2D eigenvalue weighted by Gasteiger charge is 2.36. The fraction of sp³-hybridized carbons (Fsp3) is 0.286. The predicted octanol–water partition coefficient (Wildman–Crippen LogP) is 2.29. The zero-order chi connectivity index (χ0) is 20.5. The van der Waals surface area contributed by atoms with E-state index in [1.54, 1.807) is 46.3 Å². The Morgan fingerprint density at radius 3 is 2.87 bits per heavy atom. The highest BCUT2D eigenvalue weighted by atomic mass is 16.6. The van der Waals surface area contributed by atoms with Crippen molar-refractivity contribution >= 4 is 23.3 Å². The number of nitrogens with zero attached hydrogens (tertiary/aromatic N) is 3. The third kappa shape index (κ3) is 3.49. The van der Waals surface area contributed by atoms with Gasteiger partial charge in [0.25, 0.3) is 0 Å². The largest absolute Gasteiger partial charge is 0.486 e. The highest BCUT2D eigenvalue weighted by molar-refractivity contribution is 6.03. The Balaban J connectivity index is 1.27. The summed E-state index contributed by atoms with van der Waals surface area (Å²) in [5.41, 5.74) is 0.697. The number of hydrogen-bond donors (Lipinski definition) is 1. The molecule has 4 heterocycles. The molecule has 154 valence electrons. The molecule has 0 aliphatic carbocycles. The number of benzene rings is 1. The minimum atomic E-state index is -0.460. The SMILES string of the molecule is O=C(Nc1ccnn1Cc1ccco1)[C@@H]1CC(=O)N(c2ccc3c(c2)OCCO3)C1. The van der Waals surface area contributed by atoms with Crippen molar-refractivity contribution in [3.63, 3.8) is 0 Å². The Morgan fingerprint density at radius 2 is 2.03 bits per heavy atom. The van der Waals surface area contributed by atoms with E-state index in [2.05, 4.69) is 10.4 Å². The first kappa shape index (κ1) is 18.3. The Morgan fingerprint density at radius 1 is 1.17 bits per heavy atom. The molecule has 3 aromatic rings. The van der Waals surface area contributed by atoms with Crippen molar-refractivity contribution in [3.05, 3.63) is 54.6 Å². The molecule has 1 aromatic carbocycles. The van der Waals surface area contributed by atoms with Gasteiger partial charge >= 0.3 is 0 Å². The maximum Gasteiger partial charge on any atom is 0.230 e. The van der Waals surface area contributed by atoms with E-state index in [-0.39, 0.29) is 18.2 Å². The van der Waals surface area contributed by atoms with Gasteiger partial charge in [-0.1, -0.05) is 0 Å². The third-order valence-electron chi connectivity index (χ3n) is 5.19. The normalized spacial score (nSPS) is 17.9. The smallest absolute Gasteiger partial charge is 0.230 e. The summed E-state index contributed by atoms with van der Waals surface area (Å²) >= 11 is 0. The maximum atomic E-state index is 12.8. The van der Waals surface area contributed by atoms with E-state index in [9.17, 15) is 9.59 Å². The first-order chi connectivity index (χ1) is 14.7. The van der Waals surface area contributed by atoms with Gasteiger partial charge in [-0.3, -0.25) is 9.59 Å². The Bertz CT molecular complexity index is 1080. The molecule has 1 N–H and O–H groups in total. The molecule has 9 nitrogen and oxygen atoms in total. The van der Waals surface area contributed by atoms with Crippen molar-refractivity contribution in [1.29, 1.82) is 0 Å². The van der Waals surface area contributed by atoms with Crippen LogP contribution in [0.1, 0.15) is 12.2 Å². The second kappa shape index (κ2) is 7.58. The van der Waals surface area contributed by atoms with Crippen LogP contribution >= 0.6 is 0 Å². The first-order valence-electron chi connectivity index (χ1n) is 9.72. The quantitative estimate of drug-likeness (QED) is 0.696. The second-order valence-electron chi connectivity index (χ2n) is 7.18. The van der Waals surface area contributed by atoms with E-state index in [1.807, 2.05) is 12.1 Å². The molecule has 2 aromatic heterocycles. The minimum absolute atomic E-state index is 0.101. The van der Waals surface area contributed by atoms with Crippen molar-refractivity contribution in [3.8, 4) is 11.5 Å². The summed E-state index contributed by atoms with van der Waals surface area (Å²) in [4.78, 5) is 27.0. The average molecular weight is 408 g/mol. The molecule has 30 heavy (non-hydrogen) atoms. The Labute approximate surface area is 172 Å². The van der Waals surface area contributed by atoms with Crippen LogP contribution in [0.2, 0.25) is 0 Å². The molecule has 0 radical (unpaired) electrons. The van der Waals surface area contributed by atoms with Gasteiger partial charge in [-0.25, -0.2) is 4.68 Å². The van der Waals surface area contributed by atoms with Crippen LogP contribution in [-0.4, -0.2) is 41.4 Å². The van der Waals surface area contributed by atoms with E-state index < -0.39 is 5.92 Å². The van der Waals surface area contributed by atoms with Crippen molar-refractivity contribution in [1.82, 2.24) is 9.78 Å². The fourth-order valence-corrected chi connectivity index (χ4v) is 3.68. The number of furan rings is 1. The molecule has 0 spiro atoms. The van der Waals surface area contributed by atoms with Gasteiger partial charge < -0.3 is 24.1 Å². The summed E-state index contributed by atoms with van der Waals surface area (Å²) in [5, 5.41) is 7.11. The van der Waals surface area contributed by atoms with E-state index in [4.69, 9.17) is 13.9 Å². The minimum Gasteiger partial charge on any atom is -0.486 e. The number of aromatic nitrogens is 2. The molecule has 1 fully saturated rings. The zero-order valence-corrected chi connectivity index (χ0v) is 16.1. The molecular weight excluding hydrogens is 388 g/mol. The Kier molecular flexibility index (Phi) is 4.62. The van der Waals surface area contributed by atoms with Crippen LogP contribution in [0, 0.1) is 5.92 Å². The molecule has 2 aliphatic heterocycles. The number of ether oxygens (including phenoxy) is 2. The number of carbonyl (C=O) groups is 2. The third-order valence-corrected chi connectivity index (χ3v) is 5.19. The molecule has 5 rings (SSSR count). The summed E-state index contributed by atoms with van der Waals surface area (Å²) in [5.74, 6) is 1.78. The number of fused-ring (bicyclic) bond motifs is 1. The number of nitrogens with one attached hydrogen (secondary N) is 1. The summed E-state index contributed by atoms with van der Waals surface area (Å²) in [6.45, 7) is 1.69. The standard InChI is InChI=1S/C21H20N4O5/c26-20-10-14(12-24(20)15-3-4-17-18(11-15)30-9-8-29-17)21(27)23-19-5-6-22-25(19)13-16-2-1-7-28-16/h1-7,11,14H,8-10,12-13H2,(H,23,27)/t14-/m1/s1. The second-order valence-corrected chi connectivity index (χ2v) is 7.18. The maximum absolute atomic E-state index is 12.8. The summed E-state index contributed by atoms with van der Waals surface area (Å²) in [6.07, 6.45) is 3.35. The molecule has 0 bridgehead atoms. The lowest BCUT2D eigenvalue weighted by molar-refractivity contribution is -0.122. The Hall–Kier alpha value is -3.75. The van der Waals surface area contributed by atoms with E-state index in [0.717, 1.165) is 5.76 Å². The van der Waals surface area contributed by atoms with Crippen LogP contribution < -0.4 is 19.7 Å². The van der Waals surface area contributed by atoms with Gasteiger partial charge in [0.05, 0.1) is 18.4 Å². The highest BCUT2D eigenvalue weighted by Crippen LogP contribution is 2.36. The molecule has 0 saturated carbocycles. The van der Waals surface area contributed by atoms with Crippen LogP contribution in [0.5, 0.6) is 11.5 Å². The van der Waals surface area contributed by atoms with Crippen molar-refractivity contribution in [2.75, 3.05) is 30.0 Å². The van der Waals surface area contributed by atoms with Gasteiger partial charge in [0.1, 0.15) is 31.3 Å². The lowest BCUT2D eigenvalue weighted by atomic mass is 10.1. The van der Waals surface area contributed by atoms with E-state index in [0.29, 0.717) is 49.3 Å². The number of carbonyl (C=O) groups excluding carboxylic acids is 2. The van der Waals surface area contributed by atoms with Gasteiger partial charge in [0.2, 0.25) is 11.8 Å². The van der Waals surface area contributed by atoms with Gasteiger partial charge in [0.15, 0.2) is 11.5 Å². The lowest BCUT2D eigenvalue weighted by Gasteiger charge is -2.22. The zero-order valence-electron chi connectivity index (χ0n) is 16.1. The van der Waals surface area contributed by atoms with Gasteiger partial charge in [-0.05, 0) is 24.3 Å². The van der Waals surface area contributed by atoms with Gasteiger partial charge in [0, 0.05) is 30.8 Å². The molecule has 2 amide bonds. The van der Waals surface area contributed by atoms with Crippen LogP contribution in [0.15, 0.2) is 53.3 Å². The number of hydrogen-bond acceptors (Lipinski definition) is 6. The van der Waals surface area contributed by atoms with Crippen LogP contribution in [-0.2, 0) is 16.1 Å². The topological polar surface area (TPSA) is 98.8 Å². The van der Waals surface area contributed by atoms with Crippen LogP contribution in [0.25, 0.3) is 0 Å². The molecule has 1 saturated heterocycles. The van der Waals surface area contributed by atoms with E-state index in [1.165, 1.54) is 0 Å². The molecule has 2 aliphatic rings. The van der Waals surface area contributed by atoms with Crippen molar-refractivity contribution < 1.29 is 23.5 Å². The van der Waals surface area contributed by atoms with Gasteiger partial charge in [-0.15, -0.1) is 0 Å². The predicted molar refractivity (Wildman–Crippen MR) is 107 cm³/mol. The number of rotatable bonds is 5. The average Bonchev–Trinajstić information content (AvgIpc) is 3.50. The fourth-order valence-electron chi connectivity index (χ4n) is 3.68. The molecular formula is C21H20N4O5. The summed E-state index contributed by atoms with van der Waals surface area (Å²) in [6, 6.07) is 10.7. The lowest BCUT2D eigenvalue weighted by Crippen LogP contribution is -2.29. The summed E-state index contributed by atoms with van der Waals surface area (Å²) < 4.78 is 18.1. The van der Waals surface area contributed by atoms with E-state index >= 15 is 0 Å². The molecule has 9 heteroatoms.